The van der Waals surface area contributed by atoms with Crippen LogP contribution in [0.2, 0.25) is 0 Å². The second-order valence-corrected chi connectivity index (χ2v) is 8.69. The molecule has 0 radical (unpaired) electrons. The summed E-state index contributed by atoms with van der Waals surface area (Å²) in [5, 5.41) is 9.34. The third kappa shape index (κ3) is 3.54. The number of carbonyl (C=O) groups is 3. The van der Waals surface area contributed by atoms with Crippen LogP contribution in [0.5, 0.6) is 0 Å². The third-order valence-electron chi connectivity index (χ3n) is 5.77. The molecule has 1 unspecified atom stereocenters. The van der Waals surface area contributed by atoms with Crippen molar-refractivity contribution in [1.29, 1.82) is 0 Å². The Morgan fingerprint density at radius 2 is 1.80 bits per heavy atom. The van der Waals surface area contributed by atoms with E-state index < -0.39 is 11.9 Å². The molecule has 1 atom stereocenters. The molecule has 6 heteroatoms. The maximum Gasteiger partial charge on any atom is 0.335 e. The van der Waals surface area contributed by atoms with Crippen LogP contribution in [0.4, 0.5) is 10.1 Å². The second-order valence-electron chi connectivity index (χ2n) is 8.69. The van der Waals surface area contributed by atoms with E-state index in [0.717, 1.165) is 5.56 Å². The SMILES string of the molecule is CC1(C)CC(=O)C2=C(C1)N(c1cccc(C(=O)O)c1)C(=O)CC2c1ccc(F)cc1. The molecule has 1 amide bonds. The largest absolute Gasteiger partial charge is 0.478 e. The lowest BCUT2D eigenvalue weighted by Crippen LogP contribution is -2.43. The van der Waals surface area contributed by atoms with E-state index in [0.29, 0.717) is 29.8 Å². The summed E-state index contributed by atoms with van der Waals surface area (Å²) in [6, 6.07) is 12.1. The van der Waals surface area contributed by atoms with Gasteiger partial charge in [-0.1, -0.05) is 32.0 Å². The number of amides is 1. The van der Waals surface area contributed by atoms with E-state index >= 15 is 0 Å². The molecule has 0 bridgehead atoms. The number of carboxylic acids is 1. The van der Waals surface area contributed by atoms with Gasteiger partial charge in [0.25, 0.3) is 0 Å². The van der Waals surface area contributed by atoms with Crippen molar-refractivity contribution in [3.63, 3.8) is 0 Å². The van der Waals surface area contributed by atoms with Crippen molar-refractivity contribution in [3.05, 3.63) is 76.7 Å². The number of hydrogen-bond acceptors (Lipinski definition) is 3. The van der Waals surface area contributed by atoms with Crippen LogP contribution in [0.25, 0.3) is 0 Å². The lowest BCUT2D eigenvalue weighted by molar-refractivity contribution is -0.121. The average Bonchev–Trinajstić information content (AvgIpc) is 2.67. The van der Waals surface area contributed by atoms with Crippen molar-refractivity contribution in [2.24, 2.45) is 5.41 Å². The molecule has 0 fully saturated rings. The monoisotopic (exact) mass is 407 g/mol. The molecule has 2 aromatic carbocycles. The van der Waals surface area contributed by atoms with Crippen LogP contribution < -0.4 is 4.90 Å². The van der Waals surface area contributed by atoms with Crippen LogP contribution in [0.15, 0.2) is 59.8 Å². The van der Waals surface area contributed by atoms with Gasteiger partial charge in [0.15, 0.2) is 5.78 Å². The summed E-state index contributed by atoms with van der Waals surface area (Å²) in [5.74, 6) is -2.13. The quantitative estimate of drug-likeness (QED) is 0.801. The summed E-state index contributed by atoms with van der Waals surface area (Å²) in [5.41, 5.74) is 2.10. The molecule has 4 rings (SSSR count). The van der Waals surface area contributed by atoms with Gasteiger partial charge in [-0.2, -0.15) is 0 Å². The first-order valence-corrected chi connectivity index (χ1v) is 9.84. The van der Waals surface area contributed by atoms with Crippen molar-refractivity contribution in [3.8, 4) is 0 Å². The molecule has 1 aliphatic heterocycles. The number of aromatic carboxylic acids is 1. The first-order valence-electron chi connectivity index (χ1n) is 9.84. The number of carbonyl (C=O) groups excluding carboxylic acids is 2. The van der Waals surface area contributed by atoms with Gasteiger partial charge >= 0.3 is 5.97 Å². The standard InChI is InChI=1S/C24H22FNO4/c1-24(2)12-19-22(20(27)13-24)18(14-6-8-16(25)9-7-14)11-21(28)26(19)17-5-3-4-15(10-17)23(29)30/h3-10,18H,11-13H2,1-2H3,(H,29,30). The predicted molar refractivity (Wildman–Crippen MR) is 110 cm³/mol. The Bertz CT molecular complexity index is 1080. The normalized spacial score (nSPS) is 20.9. The molecule has 154 valence electrons. The number of carboxylic acid groups (broad SMARTS) is 1. The highest BCUT2D eigenvalue weighted by molar-refractivity contribution is 6.08. The minimum atomic E-state index is -1.08. The van der Waals surface area contributed by atoms with E-state index in [2.05, 4.69) is 0 Å². The van der Waals surface area contributed by atoms with Gasteiger partial charge in [0, 0.05) is 35.7 Å². The minimum absolute atomic E-state index is 0.0255. The van der Waals surface area contributed by atoms with E-state index in [1.54, 1.807) is 24.3 Å². The topological polar surface area (TPSA) is 74.7 Å². The van der Waals surface area contributed by atoms with E-state index in [9.17, 15) is 23.9 Å². The van der Waals surface area contributed by atoms with Gasteiger partial charge in [0.1, 0.15) is 5.82 Å². The Kier molecular flexibility index (Phi) is 4.80. The highest BCUT2D eigenvalue weighted by atomic mass is 19.1. The Morgan fingerprint density at radius 1 is 1.10 bits per heavy atom. The number of allylic oxidation sites excluding steroid dienone is 2. The summed E-state index contributed by atoms with van der Waals surface area (Å²) in [7, 11) is 0. The van der Waals surface area contributed by atoms with Crippen LogP contribution in [0, 0.1) is 11.2 Å². The maximum atomic E-state index is 13.4. The lowest BCUT2D eigenvalue weighted by atomic mass is 9.69. The summed E-state index contributed by atoms with van der Waals surface area (Å²) in [6.45, 7) is 3.96. The van der Waals surface area contributed by atoms with E-state index in [1.165, 1.54) is 29.2 Å². The van der Waals surface area contributed by atoms with E-state index in [1.807, 2.05) is 13.8 Å². The van der Waals surface area contributed by atoms with Crippen molar-refractivity contribution in [2.75, 3.05) is 4.90 Å². The molecule has 0 saturated carbocycles. The first-order chi connectivity index (χ1) is 14.2. The summed E-state index contributed by atoms with van der Waals surface area (Å²) >= 11 is 0. The van der Waals surface area contributed by atoms with Crippen LogP contribution in [-0.4, -0.2) is 22.8 Å². The van der Waals surface area contributed by atoms with Gasteiger partial charge < -0.3 is 5.11 Å². The van der Waals surface area contributed by atoms with Crippen molar-refractivity contribution >= 4 is 23.3 Å². The number of benzene rings is 2. The summed E-state index contributed by atoms with van der Waals surface area (Å²) in [6.07, 6.45) is 0.934. The number of nitrogens with zero attached hydrogens (tertiary/aromatic N) is 1. The first kappa shape index (κ1) is 20.0. The number of Topliss-reactive ketones (excluding diaryl/α,β-unsaturated/α-hetero) is 1. The Morgan fingerprint density at radius 3 is 2.47 bits per heavy atom. The van der Waals surface area contributed by atoms with Gasteiger partial charge in [-0.05, 0) is 47.7 Å². The van der Waals surface area contributed by atoms with Gasteiger partial charge in [0.2, 0.25) is 5.91 Å². The fourth-order valence-electron chi connectivity index (χ4n) is 4.47. The molecule has 0 saturated heterocycles. The third-order valence-corrected chi connectivity index (χ3v) is 5.77. The minimum Gasteiger partial charge on any atom is -0.478 e. The molecule has 1 aliphatic carbocycles. The van der Waals surface area contributed by atoms with Crippen LogP contribution in [-0.2, 0) is 9.59 Å². The molecular formula is C24H22FNO4. The zero-order valence-electron chi connectivity index (χ0n) is 16.8. The van der Waals surface area contributed by atoms with Gasteiger partial charge in [-0.25, -0.2) is 9.18 Å². The molecule has 0 spiro atoms. The van der Waals surface area contributed by atoms with Crippen molar-refractivity contribution in [2.45, 2.75) is 39.0 Å². The highest BCUT2D eigenvalue weighted by Crippen LogP contribution is 2.48. The molecule has 2 aliphatic rings. The molecule has 2 aromatic rings. The predicted octanol–water partition coefficient (Wildman–Crippen LogP) is 4.69. The molecular weight excluding hydrogens is 385 g/mol. The smallest absolute Gasteiger partial charge is 0.335 e. The zero-order chi connectivity index (χ0) is 21.6. The number of anilines is 1. The number of hydrogen-bond donors (Lipinski definition) is 1. The fourth-order valence-corrected chi connectivity index (χ4v) is 4.47. The van der Waals surface area contributed by atoms with Crippen molar-refractivity contribution in [1.82, 2.24) is 0 Å². The molecule has 1 N–H and O–H groups in total. The van der Waals surface area contributed by atoms with E-state index in [4.69, 9.17) is 0 Å². The second kappa shape index (κ2) is 7.20. The Labute approximate surface area is 173 Å². The van der Waals surface area contributed by atoms with Gasteiger partial charge in [-0.3, -0.25) is 14.5 Å². The maximum absolute atomic E-state index is 13.4. The highest BCUT2D eigenvalue weighted by Gasteiger charge is 2.44. The summed E-state index contributed by atoms with van der Waals surface area (Å²) in [4.78, 5) is 39.4. The number of rotatable bonds is 3. The summed E-state index contributed by atoms with van der Waals surface area (Å²) < 4.78 is 13.4. The van der Waals surface area contributed by atoms with Crippen molar-refractivity contribution < 1.29 is 23.9 Å². The molecule has 30 heavy (non-hydrogen) atoms. The average molecular weight is 407 g/mol. The van der Waals surface area contributed by atoms with Crippen LogP contribution in [0.1, 0.15) is 54.9 Å². The Hall–Kier alpha value is -3.28. The number of halogens is 1. The molecule has 5 nitrogen and oxygen atoms in total. The van der Waals surface area contributed by atoms with Gasteiger partial charge in [0.05, 0.1) is 5.56 Å². The lowest BCUT2D eigenvalue weighted by Gasteiger charge is -2.43. The Balaban J connectivity index is 1.89. The van der Waals surface area contributed by atoms with Crippen LogP contribution >= 0.6 is 0 Å². The number of ketones is 1. The van der Waals surface area contributed by atoms with Crippen LogP contribution in [0.3, 0.4) is 0 Å². The zero-order valence-corrected chi connectivity index (χ0v) is 16.8. The fraction of sp³-hybridized carbons (Fsp3) is 0.292. The molecule has 0 aromatic heterocycles. The van der Waals surface area contributed by atoms with Gasteiger partial charge in [-0.15, -0.1) is 0 Å². The van der Waals surface area contributed by atoms with E-state index in [-0.39, 0.29) is 34.9 Å². The molecule has 1 heterocycles.